The monoisotopic (exact) mass is 341 g/mol. The average Bonchev–Trinajstić information content (AvgIpc) is 3.16. The van der Waals surface area contributed by atoms with Crippen LogP contribution in [0.1, 0.15) is 30.1 Å². The van der Waals surface area contributed by atoms with Gasteiger partial charge in [0.15, 0.2) is 11.6 Å². The van der Waals surface area contributed by atoms with Crippen molar-refractivity contribution in [1.82, 2.24) is 30.2 Å². The van der Waals surface area contributed by atoms with E-state index < -0.39 is 0 Å². The van der Waals surface area contributed by atoms with Gasteiger partial charge in [0.2, 0.25) is 5.89 Å². The number of fused-ring (bicyclic) bond motifs is 1. The van der Waals surface area contributed by atoms with Crippen LogP contribution in [-0.2, 0) is 13.0 Å². The average molecular weight is 341 g/mol. The lowest BCUT2D eigenvalue weighted by Crippen LogP contribution is -2.38. The van der Waals surface area contributed by atoms with E-state index >= 15 is 0 Å². The number of guanidine groups is 1. The molecule has 0 aliphatic heterocycles. The Bertz CT molecular complexity index is 845. The molecule has 25 heavy (non-hydrogen) atoms. The van der Waals surface area contributed by atoms with Crippen LogP contribution in [0.3, 0.4) is 0 Å². The third-order valence-corrected chi connectivity index (χ3v) is 3.81. The lowest BCUT2D eigenvalue weighted by atomic mass is 10.4. The number of pyridine rings is 1. The van der Waals surface area contributed by atoms with E-state index in [1.165, 1.54) is 0 Å². The molecule has 0 aliphatic carbocycles. The van der Waals surface area contributed by atoms with Crippen molar-refractivity contribution in [2.24, 2.45) is 4.99 Å². The number of hydrogen-bond acceptors (Lipinski definition) is 5. The number of aliphatic imine (C=N–C) groups is 1. The summed E-state index contributed by atoms with van der Waals surface area (Å²) in [7, 11) is 0. The molecule has 0 saturated heterocycles. The van der Waals surface area contributed by atoms with E-state index in [9.17, 15) is 0 Å². The number of rotatable bonds is 6. The maximum absolute atomic E-state index is 5.56. The lowest BCUT2D eigenvalue weighted by Gasteiger charge is -2.10. The van der Waals surface area contributed by atoms with Crippen LogP contribution >= 0.6 is 0 Å². The van der Waals surface area contributed by atoms with Crippen LogP contribution in [0.4, 0.5) is 0 Å². The second kappa shape index (κ2) is 7.78. The van der Waals surface area contributed by atoms with Gasteiger partial charge in [0.25, 0.3) is 0 Å². The largest absolute Gasteiger partial charge is 0.444 e. The molecule has 8 heteroatoms. The van der Waals surface area contributed by atoms with E-state index in [1.807, 2.05) is 49.6 Å². The summed E-state index contributed by atoms with van der Waals surface area (Å²) >= 11 is 0. The minimum absolute atomic E-state index is 0.401. The summed E-state index contributed by atoms with van der Waals surface area (Å²) in [4.78, 5) is 8.86. The molecular weight excluding hydrogens is 318 g/mol. The molecule has 132 valence electrons. The van der Waals surface area contributed by atoms with Crippen LogP contribution in [-0.4, -0.2) is 38.6 Å². The second-order valence-corrected chi connectivity index (χ2v) is 5.67. The molecule has 0 atom stereocenters. The Kier molecular flexibility index (Phi) is 5.27. The normalized spacial score (nSPS) is 11.9. The van der Waals surface area contributed by atoms with Gasteiger partial charge >= 0.3 is 0 Å². The zero-order valence-electron chi connectivity index (χ0n) is 14.8. The first kappa shape index (κ1) is 16.9. The van der Waals surface area contributed by atoms with Gasteiger partial charge in [0, 0.05) is 25.7 Å². The van der Waals surface area contributed by atoms with Gasteiger partial charge < -0.3 is 15.1 Å². The summed E-state index contributed by atoms with van der Waals surface area (Å²) in [6.07, 6.45) is 2.71. The minimum atomic E-state index is 0.401. The van der Waals surface area contributed by atoms with E-state index in [0.717, 1.165) is 41.9 Å². The first-order valence-electron chi connectivity index (χ1n) is 8.41. The topological polar surface area (TPSA) is 92.6 Å². The summed E-state index contributed by atoms with van der Waals surface area (Å²) in [5.74, 6) is 3.10. The van der Waals surface area contributed by atoms with Crippen LogP contribution in [0.15, 0.2) is 33.8 Å². The van der Waals surface area contributed by atoms with Crippen molar-refractivity contribution in [3.63, 3.8) is 0 Å². The Balaban J connectivity index is 1.59. The number of oxazole rings is 1. The standard InChI is InChI=1S/C17H23N7O/c1-4-18-17(20-11-16-21-12(2)13(3)25-16)19-9-8-15-23-22-14-7-5-6-10-24(14)15/h5-7,10H,4,8-9,11H2,1-3H3,(H2,18,19,20). The van der Waals surface area contributed by atoms with Crippen molar-refractivity contribution in [3.05, 3.63) is 47.6 Å². The Labute approximate surface area is 146 Å². The predicted octanol–water partition coefficient (Wildman–Crippen LogP) is 1.63. The van der Waals surface area contributed by atoms with Crippen molar-refractivity contribution in [2.75, 3.05) is 13.1 Å². The van der Waals surface area contributed by atoms with Gasteiger partial charge in [-0.3, -0.25) is 4.40 Å². The highest BCUT2D eigenvalue weighted by Gasteiger charge is 2.07. The van der Waals surface area contributed by atoms with Crippen LogP contribution < -0.4 is 10.6 Å². The van der Waals surface area contributed by atoms with E-state index in [0.29, 0.717) is 19.0 Å². The Morgan fingerprint density at radius 1 is 1.24 bits per heavy atom. The molecule has 0 fully saturated rings. The van der Waals surface area contributed by atoms with E-state index in [2.05, 4.69) is 30.8 Å². The number of nitrogens with one attached hydrogen (secondary N) is 2. The van der Waals surface area contributed by atoms with Gasteiger partial charge in [-0.1, -0.05) is 6.07 Å². The summed E-state index contributed by atoms with van der Waals surface area (Å²) in [5, 5.41) is 14.9. The van der Waals surface area contributed by atoms with Gasteiger partial charge in [-0.05, 0) is 32.9 Å². The number of nitrogens with zero attached hydrogens (tertiary/aromatic N) is 5. The molecule has 0 spiro atoms. The molecule has 2 N–H and O–H groups in total. The number of aromatic nitrogens is 4. The molecule has 0 amide bonds. The quantitative estimate of drug-likeness (QED) is 0.523. The zero-order valence-corrected chi connectivity index (χ0v) is 14.8. The van der Waals surface area contributed by atoms with Gasteiger partial charge in [0.05, 0.1) is 5.69 Å². The summed E-state index contributed by atoms with van der Waals surface area (Å²) < 4.78 is 7.55. The Morgan fingerprint density at radius 2 is 2.12 bits per heavy atom. The third kappa shape index (κ3) is 4.14. The summed E-state index contributed by atoms with van der Waals surface area (Å²) in [6.45, 7) is 7.75. The molecular formula is C17H23N7O. The van der Waals surface area contributed by atoms with Gasteiger partial charge in [0.1, 0.15) is 18.1 Å². The number of aryl methyl sites for hydroxylation is 2. The SMILES string of the molecule is CCNC(=NCc1nc(C)c(C)o1)NCCc1nnc2ccccn12. The molecule has 8 nitrogen and oxygen atoms in total. The molecule has 0 aliphatic rings. The molecule has 0 saturated carbocycles. The Hall–Kier alpha value is -2.90. The maximum Gasteiger partial charge on any atom is 0.216 e. The highest BCUT2D eigenvalue weighted by atomic mass is 16.4. The molecule has 0 unspecified atom stereocenters. The summed E-state index contributed by atoms with van der Waals surface area (Å²) in [6, 6.07) is 5.86. The number of hydrogen-bond donors (Lipinski definition) is 2. The summed E-state index contributed by atoms with van der Waals surface area (Å²) in [5.41, 5.74) is 1.76. The Morgan fingerprint density at radius 3 is 2.88 bits per heavy atom. The first-order chi connectivity index (χ1) is 12.2. The minimum Gasteiger partial charge on any atom is -0.444 e. The van der Waals surface area contributed by atoms with Crippen molar-refractivity contribution in [1.29, 1.82) is 0 Å². The van der Waals surface area contributed by atoms with Crippen LogP contribution in [0, 0.1) is 13.8 Å². The zero-order chi connectivity index (χ0) is 17.6. The van der Waals surface area contributed by atoms with Crippen molar-refractivity contribution < 1.29 is 4.42 Å². The molecule has 3 heterocycles. The molecule has 0 radical (unpaired) electrons. The first-order valence-corrected chi connectivity index (χ1v) is 8.41. The van der Waals surface area contributed by atoms with Crippen molar-refractivity contribution in [3.8, 4) is 0 Å². The maximum atomic E-state index is 5.56. The molecule has 3 rings (SSSR count). The van der Waals surface area contributed by atoms with Crippen molar-refractivity contribution in [2.45, 2.75) is 33.7 Å². The van der Waals surface area contributed by atoms with E-state index in [1.54, 1.807) is 0 Å². The van der Waals surface area contributed by atoms with Crippen molar-refractivity contribution >= 4 is 11.6 Å². The van der Waals surface area contributed by atoms with Gasteiger partial charge in [-0.2, -0.15) is 0 Å². The highest BCUT2D eigenvalue weighted by molar-refractivity contribution is 5.79. The smallest absolute Gasteiger partial charge is 0.216 e. The van der Waals surface area contributed by atoms with E-state index in [4.69, 9.17) is 4.42 Å². The van der Waals surface area contributed by atoms with Gasteiger partial charge in [-0.15, -0.1) is 10.2 Å². The molecule has 3 aromatic heterocycles. The lowest BCUT2D eigenvalue weighted by molar-refractivity contribution is 0.473. The second-order valence-electron chi connectivity index (χ2n) is 5.67. The predicted molar refractivity (Wildman–Crippen MR) is 95.5 cm³/mol. The highest BCUT2D eigenvalue weighted by Crippen LogP contribution is 2.09. The van der Waals surface area contributed by atoms with Crippen LogP contribution in [0.2, 0.25) is 0 Å². The van der Waals surface area contributed by atoms with E-state index in [-0.39, 0.29) is 0 Å². The van der Waals surface area contributed by atoms with Crippen LogP contribution in [0.5, 0.6) is 0 Å². The fourth-order valence-electron chi connectivity index (χ4n) is 2.45. The fourth-order valence-corrected chi connectivity index (χ4v) is 2.45. The van der Waals surface area contributed by atoms with Crippen LogP contribution in [0.25, 0.3) is 5.65 Å². The third-order valence-electron chi connectivity index (χ3n) is 3.81. The molecule has 0 bridgehead atoms. The molecule has 3 aromatic rings. The van der Waals surface area contributed by atoms with Gasteiger partial charge in [-0.25, -0.2) is 9.98 Å². The molecule has 0 aromatic carbocycles. The fraction of sp³-hybridized carbons (Fsp3) is 0.412.